The summed E-state index contributed by atoms with van der Waals surface area (Å²) < 4.78 is 87.0. The van der Waals surface area contributed by atoms with Crippen LogP contribution in [0.15, 0.2) is 36.4 Å². The lowest BCUT2D eigenvalue weighted by Gasteiger charge is -2.38. The highest BCUT2D eigenvalue weighted by atomic mass is 19.1. The molecule has 12 N–H and O–H groups in total. The average Bonchev–Trinajstić information content (AvgIpc) is 2.22. The first-order valence-electron chi connectivity index (χ1n) is 30.9. The van der Waals surface area contributed by atoms with Crippen molar-refractivity contribution in [2.24, 2.45) is 0 Å². The molecule has 0 aliphatic carbocycles. The van der Waals surface area contributed by atoms with E-state index in [1.165, 1.54) is 0 Å². The van der Waals surface area contributed by atoms with Crippen molar-refractivity contribution in [2.45, 2.75) is 167 Å². The predicted molar refractivity (Wildman–Crippen MR) is 327 cm³/mol. The number of nitrogens with one attached hydrogen (secondary N) is 12. The monoisotopic (exact) mass is 1180 g/mol. The molecule has 10 atom stereocenters. The summed E-state index contributed by atoms with van der Waals surface area (Å²) in [4.78, 5) is 11.3. The van der Waals surface area contributed by atoms with E-state index in [-0.39, 0.29) is 54.2 Å². The Morgan fingerprint density at radius 1 is 0.671 bits per heavy atom. The minimum absolute atomic E-state index is 0.0125. The van der Waals surface area contributed by atoms with Gasteiger partial charge in [0.25, 0.3) is 0 Å². The van der Waals surface area contributed by atoms with Gasteiger partial charge < -0.3 is 51.0 Å². The van der Waals surface area contributed by atoms with Crippen molar-refractivity contribution < 1.29 is 31.8 Å². The molecule has 1 aromatic heterocycles. The van der Waals surface area contributed by atoms with Crippen LogP contribution in [0.1, 0.15) is 118 Å². The second-order valence-corrected chi connectivity index (χ2v) is 24.7. The first-order valence-corrected chi connectivity index (χ1v) is 30.9. The number of hydrogen-bond donors (Lipinski definition) is 12. The zero-order valence-electron chi connectivity index (χ0n) is 50.0. The van der Waals surface area contributed by atoms with E-state index in [0.29, 0.717) is 146 Å². The van der Waals surface area contributed by atoms with Crippen molar-refractivity contribution in [3.63, 3.8) is 0 Å². The molecule has 85 heavy (non-hydrogen) atoms. The lowest BCUT2D eigenvalue weighted by molar-refractivity contribution is 0.188. The molecule has 3 aromatic carbocycles. The van der Waals surface area contributed by atoms with Gasteiger partial charge in [-0.25, -0.2) is 22.5 Å². The molecule has 8 unspecified atom stereocenters. The maximum Gasteiger partial charge on any atom is 0.229 e. The van der Waals surface area contributed by atoms with E-state index < -0.39 is 30.0 Å². The van der Waals surface area contributed by atoms with Crippen molar-refractivity contribution in [3.8, 4) is 17.2 Å². The van der Waals surface area contributed by atoms with Crippen LogP contribution >= 0.6 is 0 Å². The van der Waals surface area contributed by atoms with Crippen molar-refractivity contribution in [1.82, 2.24) is 57.4 Å². The van der Waals surface area contributed by atoms with Crippen LogP contribution in [-0.2, 0) is 19.3 Å². The van der Waals surface area contributed by atoms with Crippen molar-refractivity contribution in [3.05, 3.63) is 98.8 Å². The Morgan fingerprint density at radius 2 is 1.32 bits per heavy atom. The second-order valence-electron chi connectivity index (χ2n) is 24.7. The molecular formula is C63H85F4N15O3. The summed E-state index contributed by atoms with van der Waals surface area (Å²) in [5.41, 5.74) is 7.44. The zero-order chi connectivity index (χ0) is 59.0. The number of anilines is 5. The average molecular weight is 1180 g/mol. The maximum atomic E-state index is 17.6. The van der Waals surface area contributed by atoms with E-state index >= 15 is 17.6 Å². The number of rotatable bonds is 16. The molecule has 9 heterocycles. The molecule has 4 aromatic rings. The number of allylic oxidation sites excluding steroid dienone is 3. The molecule has 0 bridgehead atoms. The minimum atomic E-state index is -0.658. The highest BCUT2D eigenvalue weighted by Gasteiger charge is 2.38. The fourth-order valence-corrected chi connectivity index (χ4v) is 13.5. The van der Waals surface area contributed by atoms with Crippen molar-refractivity contribution in [2.75, 3.05) is 81.2 Å². The van der Waals surface area contributed by atoms with E-state index in [9.17, 15) is 0 Å². The van der Waals surface area contributed by atoms with Gasteiger partial charge >= 0.3 is 0 Å². The summed E-state index contributed by atoms with van der Waals surface area (Å²) in [5, 5.41) is 41.5. The van der Waals surface area contributed by atoms with Crippen LogP contribution in [0.2, 0.25) is 0 Å². The Labute approximate surface area is 496 Å². The minimum Gasteiger partial charge on any atom is -0.492 e. The van der Waals surface area contributed by atoms with Gasteiger partial charge in [0.15, 0.2) is 23.3 Å². The van der Waals surface area contributed by atoms with Gasteiger partial charge in [0, 0.05) is 105 Å². The topological polar surface area (TPSA) is 201 Å². The highest BCUT2D eigenvalue weighted by molar-refractivity contribution is 5.80. The summed E-state index contributed by atoms with van der Waals surface area (Å²) in [6.07, 6.45) is 11.6. The lowest BCUT2D eigenvalue weighted by atomic mass is 9.94. The van der Waals surface area contributed by atoms with Crippen molar-refractivity contribution >= 4 is 45.5 Å². The molecule has 0 radical (unpaired) electrons. The van der Waals surface area contributed by atoms with Crippen LogP contribution in [0.3, 0.4) is 0 Å². The first kappa shape index (κ1) is 59.3. The Bertz CT molecular complexity index is 3240. The number of nitrogens with zero attached hydrogens (tertiary/aromatic N) is 3. The third-order valence-corrected chi connectivity index (χ3v) is 17.8. The predicted octanol–water partition coefficient (Wildman–Crippen LogP) is 7.65. The molecule has 2 fully saturated rings. The summed E-state index contributed by atoms with van der Waals surface area (Å²) in [6.45, 7) is 14.5. The standard InChI is InChI=1S/C63H85F4N15O3/c1-32-12-13-38(14-18-70-32)50-54(65)45(76-61-73-34(3)23-47(68-6)78-61)28-40-26-42(84-58(40)50)30-71-48-24-35(4)74-62(79-48)77-46-29-41-27-43(85-59(41)52(55(46)66)39-10-8-17-69-33(2)22-39)31-72-49-25-36(5)75-63(80-49)81-57-53(64)44-16-21-83-60(44)51(56(57)67)37-11-9-19-82(7)20-15-37/h14-15,22-23,28-29,32-33,35-36,42-43,48-49,62-63,69-72,74-75,77,79-81H,8-13,16-21,24-27,30-31H2,1-7H3,(H2,68,73,76,78)/t32-,33-,35?,36?,42?,43?,48?,49?,62?,63?/m0/s1. The van der Waals surface area contributed by atoms with Gasteiger partial charge in [-0.1, -0.05) is 18.2 Å². The zero-order valence-corrected chi connectivity index (χ0v) is 50.0. The van der Waals surface area contributed by atoms with E-state index in [4.69, 9.17) is 14.2 Å². The molecular weight excluding hydrogens is 1090 g/mol. The Hall–Kier alpha value is -6.08. The van der Waals surface area contributed by atoms with E-state index in [2.05, 4.69) is 119 Å². The Balaban J connectivity index is 0.722. The largest absolute Gasteiger partial charge is 0.492 e. The maximum absolute atomic E-state index is 17.6. The van der Waals surface area contributed by atoms with E-state index in [0.717, 1.165) is 72.3 Å². The Kier molecular flexibility index (Phi) is 17.9. The fraction of sp³-hybridized carbons (Fsp3) is 0.556. The molecule has 12 rings (SSSR count). The molecule has 8 aliphatic rings. The molecule has 0 saturated carbocycles. The van der Waals surface area contributed by atoms with Crippen LogP contribution in [-0.4, -0.2) is 136 Å². The molecule has 0 spiro atoms. The normalized spacial score (nSPS) is 27.8. The van der Waals surface area contributed by atoms with E-state index in [1.54, 1.807) is 7.05 Å². The summed E-state index contributed by atoms with van der Waals surface area (Å²) in [7, 11) is 3.83. The number of fused-ring (bicyclic) bond motifs is 3. The van der Waals surface area contributed by atoms with E-state index in [1.807, 2.05) is 38.2 Å². The summed E-state index contributed by atoms with van der Waals surface area (Å²) >= 11 is 0. The third kappa shape index (κ3) is 13.1. The van der Waals surface area contributed by atoms with Gasteiger partial charge in [0.2, 0.25) is 5.95 Å². The number of benzene rings is 3. The van der Waals surface area contributed by atoms with Crippen LogP contribution in [0.5, 0.6) is 17.2 Å². The van der Waals surface area contributed by atoms with Gasteiger partial charge in [0.05, 0.1) is 47.0 Å². The van der Waals surface area contributed by atoms with Crippen LogP contribution in [0.4, 0.5) is 46.4 Å². The van der Waals surface area contributed by atoms with Gasteiger partial charge in [0.1, 0.15) is 53.5 Å². The molecule has 18 nitrogen and oxygen atoms in total. The molecule has 2 saturated heterocycles. The van der Waals surface area contributed by atoms with Gasteiger partial charge in [-0.05, 0) is 135 Å². The second kappa shape index (κ2) is 25.7. The quantitative estimate of drug-likeness (QED) is 0.0488. The molecule has 8 aliphatic heterocycles. The number of aromatic nitrogens is 2. The SMILES string of the molecule is CNc1cc(C)nc(Nc2cc3c(c(C4=CCN[C@@H](C)CC4)c2F)OC(CNC2CC(C)NC(Nc4cc5c(c(C6=C[C@H](C)NCCC6)c4F)OC(CNC4CC(C)NC(Nc6c(F)c7c(c(C8=CCN(C)CCC8)c6F)OCC7)N4)C5)N2)C3)n1. The number of aryl methyl sites for hydroxylation is 1. The van der Waals surface area contributed by atoms with Gasteiger partial charge in [-0.3, -0.25) is 31.9 Å². The molecule has 458 valence electrons. The van der Waals surface area contributed by atoms with Gasteiger partial charge in [-0.2, -0.15) is 4.98 Å². The lowest BCUT2D eigenvalue weighted by Crippen LogP contribution is -2.65. The fourth-order valence-electron chi connectivity index (χ4n) is 13.5. The summed E-state index contributed by atoms with van der Waals surface area (Å²) in [5.74, 6) is 0.365. The number of likely N-dealkylation sites (N-methyl/N-ethyl adjacent to an activating group) is 1. The van der Waals surface area contributed by atoms with Gasteiger partial charge in [-0.15, -0.1) is 0 Å². The number of halogens is 4. The molecule has 22 heteroatoms. The smallest absolute Gasteiger partial charge is 0.229 e. The van der Waals surface area contributed by atoms with Crippen LogP contribution in [0, 0.1) is 30.2 Å². The summed E-state index contributed by atoms with van der Waals surface area (Å²) in [6, 6.07) is 5.92. The number of ether oxygens (including phenoxy) is 3. The van der Waals surface area contributed by atoms with Crippen molar-refractivity contribution in [1.29, 1.82) is 0 Å². The highest BCUT2D eigenvalue weighted by Crippen LogP contribution is 2.47. The number of hydrogen-bond acceptors (Lipinski definition) is 18. The molecule has 0 amide bonds. The first-order chi connectivity index (χ1) is 41.1. The van der Waals surface area contributed by atoms with Crippen LogP contribution in [0.25, 0.3) is 16.7 Å². The van der Waals surface area contributed by atoms with Crippen LogP contribution < -0.4 is 78.0 Å². The Morgan fingerprint density at radius 3 is 2.04 bits per heavy atom. The third-order valence-electron chi connectivity index (χ3n) is 17.8.